The van der Waals surface area contributed by atoms with Crippen LogP contribution < -0.4 is 5.84 Å². The number of carbonyl (C=O) groups is 1. The fraction of sp³-hybridized carbons (Fsp3) is 0.111. The van der Waals surface area contributed by atoms with E-state index in [4.69, 9.17) is 10.9 Å². The first-order chi connectivity index (χ1) is 6.22. The maximum absolute atomic E-state index is 10.3. The molecule has 0 aliphatic heterocycles. The molecule has 0 unspecified atom stereocenters. The Labute approximate surface area is 75.7 Å². The van der Waals surface area contributed by atoms with Gasteiger partial charge in [-0.25, -0.2) is 0 Å². The number of aliphatic carboxylic acids is 1. The lowest BCUT2D eigenvalue weighted by Crippen LogP contribution is -1.99. The van der Waals surface area contributed by atoms with E-state index in [1.165, 1.54) is 6.21 Å². The van der Waals surface area contributed by atoms with Crippen LogP contribution in [0.4, 0.5) is 0 Å². The molecule has 4 nitrogen and oxygen atoms in total. The Kier molecular flexibility index (Phi) is 3.03. The van der Waals surface area contributed by atoms with Gasteiger partial charge in [-0.05, 0) is 11.1 Å². The van der Waals surface area contributed by atoms with Crippen LogP contribution in [-0.4, -0.2) is 17.3 Å². The predicted molar refractivity (Wildman–Crippen MR) is 49.6 cm³/mol. The third-order valence-corrected chi connectivity index (χ3v) is 1.56. The number of hydrogen-bond donors (Lipinski definition) is 2. The highest BCUT2D eigenvalue weighted by Crippen LogP contribution is 2.03. The van der Waals surface area contributed by atoms with E-state index in [2.05, 4.69) is 5.10 Å². The lowest BCUT2D eigenvalue weighted by Gasteiger charge is -1.96. The van der Waals surface area contributed by atoms with Gasteiger partial charge in [0.25, 0.3) is 0 Å². The molecule has 13 heavy (non-hydrogen) atoms. The summed E-state index contributed by atoms with van der Waals surface area (Å²) in [5.74, 6) is 4.12. The third kappa shape index (κ3) is 2.94. The van der Waals surface area contributed by atoms with Gasteiger partial charge in [0.2, 0.25) is 0 Å². The Hall–Kier alpha value is -1.84. The highest BCUT2D eigenvalue weighted by atomic mass is 16.4. The third-order valence-electron chi connectivity index (χ3n) is 1.56. The Morgan fingerprint density at radius 3 is 2.54 bits per heavy atom. The number of rotatable bonds is 3. The van der Waals surface area contributed by atoms with Crippen LogP contribution in [0.25, 0.3) is 0 Å². The highest BCUT2D eigenvalue weighted by molar-refractivity contribution is 5.79. The number of hydrogen-bond acceptors (Lipinski definition) is 3. The lowest BCUT2D eigenvalue weighted by atomic mass is 10.1. The van der Waals surface area contributed by atoms with Crippen LogP contribution in [0.3, 0.4) is 0 Å². The van der Waals surface area contributed by atoms with Crippen LogP contribution in [-0.2, 0) is 11.2 Å². The topological polar surface area (TPSA) is 75.7 Å². The van der Waals surface area contributed by atoms with Gasteiger partial charge in [0, 0.05) is 0 Å². The fourth-order valence-electron chi connectivity index (χ4n) is 0.982. The Morgan fingerprint density at radius 1 is 1.46 bits per heavy atom. The molecule has 1 aromatic rings. The zero-order valence-electron chi connectivity index (χ0n) is 6.97. The summed E-state index contributed by atoms with van der Waals surface area (Å²) >= 11 is 0. The minimum Gasteiger partial charge on any atom is -0.481 e. The van der Waals surface area contributed by atoms with E-state index in [1.807, 2.05) is 0 Å². The van der Waals surface area contributed by atoms with Gasteiger partial charge >= 0.3 is 5.97 Å². The normalized spacial score (nSPS) is 10.5. The number of carboxylic acid groups (broad SMARTS) is 1. The van der Waals surface area contributed by atoms with Gasteiger partial charge in [-0.15, -0.1) is 0 Å². The van der Waals surface area contributed by atoms with E-state index in [1.54, 1.807) is 24.3 Å². The average Bonchev–Trinajstić information content (AvgIpc) is 2.08. The van der Waals surface area contributed by atoms with Crippen LogP contribution in [0.15, 0.2) is 29.4 Å². The van der Waals surface area contributed by atoms with Crippen molar-refractivity contribution in [2.45, 2.75) is 6.42 Å². The van der Waals surface area contributed by atoms with Crippen molar-refractivity contribution >= 4 is 12.2 Å². The second-order valence-corrected chi connectivity index (χ2v) is 2.59. The minimum atomic E-state index is -0.833. The maximum atomic E-state index is 10.3. The average molecular weight is 178 g/mol. The van der Waals surface area contributed by atoms with Crippen molar-refractivity contribution in [3.63, 3.8) is 0 Å². The van der Waals surface area contributed by atoms with Crippen molar-refractivity contribution in [1.82, 2.24) is 0 Å². The van der Waals surface area contributed by atoms with Crippen molar-refractivity contribution in [3.8, 4) is 0 Å². The van der Waals surface area contributed by atoms with E-state index < -0.39 is 5.97 Å². The summed E-state index contributed by atoms with van der Waals surface area (Å²) in [5.41, 5.74) is 1.62. The zero-order valence-corrected chi connectivity index (χ0v) is 6.97. The summed E-state index contributed by atoms with van der Waals surface area (Å²) in [5, 5.41) is 11.8. The van der Waals surface area contributed by atoms with Gasteiger partial charge in [0.15, 0.2) is 0 Å². The lowest BCUT2D eigenvalue weighted by molar-refractivity contribution is -0.136. The highest BCUT2D eigenvalue weighted by Gasteiger charge is 1.98. The Morgan fingerprint density at radius 2 is 2.08 bits per heavy atom. The molecule has 0 saturated carbocycles. The quantitative estimate of drug-likeness (QED) is 0.404. The minimum absolute atomic E-state index is 0.0417. The molecule has 1 rings (SSSR count). The Balaban J connectivity index is 2.75. The van der Waals surface area contributed by atoms with Crippen molar-refractivity contribution in [2.75, 3.05) is 0 Å². The molecule has 0 spiro atoms. The van der Waals surface area contributed by atoms with Crippen LogP contribution in [0.5, 0.6) is 0 Å². The second kappa shape index (κ2) is 4.25. The number of benzene rings is 1. The molecule has 0 amide bonds. The molecule has 0 fully saturated rings. The first kappa shape index (κ1) is 9.25. The Bertz CT molecular complexity index is 317. The molecular formula is C9H10N2O2. The smallest absolute Gasteiger partial charge is 0.307 e. The molecule has 68 valence electrons. The van der Waals surface area contributed by atoms with Crippen molar-refractivity contribution in [1.29, 1.82) is 0 Å². The number of carboxylic acids is 1. The summed E-state index contributed by atoms with van der Waals surface area (Å²) in [7, 11) is 0. The first-order valence-electron chi connectivity index (χ1n) is 3.76. The molecule has 0 aromatic heterocycles. The van der Waals surface area contributed by atoms with Crippen LogP contribution in [0, 0.1) is 0 Å². The number of nitrogens with zero attached hydrogens (tertiary/aromatic N) is 1. The second-order valence-electron chi connectivity index (χ2n) is 2.59. The standard InChI is InChI=1S/C9H10N2O2/c10-11-6-8-3-1-7(2-4-8)5-9(12)13/h1-4,6H,5,10H2,(H,12,13). The van der Waals surface area contributed by atoms with Gasteiger partial charge in [0.1, 0.15) is 0 Å². The fourth-order valence-corrected chi connectivity index (χ4v) is 0.982. The molecule has 4 heteroatoms. The van der Waals surface area contributed by atoms with E-state index in [0.717, 1.165) is 11.1 Å². The summed E-state index contributed by atoms with van der Waals surface area (Å²) in [6.07, 6.45) is 1.55. The first-order valence-corrected chi connectivity index (χ1v) is 3.76. The van der Waals surface area contributed by atoms with E-state index >= 15 is 0 Å². The van der Waals surface area contributed by atoms with Crippen molar-refractivity contribution in [3.05, 3.63) is 35.4 Å². The summed E-state index contributed by atoms with van der Waals surface area (Å²) in [4.78, 5) is 10.3. The van der Waals surface area contributed by atoms with Crippen LogP contribution in [0.2, 0.25) is 0 Å². The van der Waals surface area contributed by atoms with E-state index in [-0.39, 0.29) is 6.42 Å². The summed E-state index contributed by atoms with van der Waals surface area (Å²) in [6.45, 7) is 0. The molecule has 3 N–H and O–H groups in total. The largest absolute Gasteiger partial charge is 0.481 e. The van der Waals surface area contributed by atoms with Gasteiger partial charge in [-0.1, -0.05) is 24.3 Å². The van der Waals surface area contributed by atoms with Gasteiger partial charge in [-0.2, -0.15) is 5.10 Å². The monoisotopic (exact) mass is 178 g/mol. The molecule has 0 aliphatic rings. The van der Waals surface area contributed by atoms with Gasteiger partial charge < -0.3 is 10.9 Å². The van der Waals surface area contributed by atoms with Gasteiger partial charge in [-0.3, -0.25) is 4.79 Å². The maximum Gasteiger partial charge on any atom is 0.307 e. The van der Waals surface area contributed by atoms with Gasteiger partial charge in [0.05, 0.1) is 12.6 Å². The summed E-state index contributed by atoms with van der Waals surface area (Å²) in [6, 6.07) is 7.03. The molecular weight excluding hydrogens is 168 g/mol. The molecule has 0 saturated heterocycles. The molecule has 0 radical (unpaired) electrons. The van der Waals surface area contributed by atoms with Crippen LogP contribution in [0.1, 0.15) is 11.1 Å². The molecule has 0 aliphatic carbocycles. The van der Waals surface area contributed by atoms with Crippen molar-refractivity contribution < 1.29 is 9.90 Å². The zero-order chi connectivity index (χ0) is 9.68. The SMILES string of the molecule is NN=Cc1ccc(CC(=O)O)cc1. The molecule has 0 heterocycles. The van der Waals surface area contributed by atoms with E-state index in [9.17, 15) is 4.79 Å². The summed E-state index contributed by atoms with van der Waals surface area (Å²) < 4.78 is 0. The molecule has 0 bridgehead atoms. The predicted octanol–water partition coefficient (Wildman–Crippen LogP) is 0.606. The van der Waals surface area contributed by atoms with Crippen LogP contribution >= 0.6 is 0 Å². The van der Waals surface area contributed by atoms with Crippen molar-refractivity contribution in [2.24, 2.45) is 10.9 Å². The molecule has 0 atom stereocenters. The number of hydrazone groups is 1. The molecule has 1 aromatic carbocycles. The number of nitrogens with two attached hydrogens (primary N) is 1. The van der Waals surface area contributed by atoms with E-state index in [0.29, 0.717) is 0 Å².